The van der Waals surface area contributed by atoms with Gasteiger partial charge in [-0.2, -0.15) is 0 Å². The number of anilines is 2. The number of ketones is 1. The molecule has 1 atom stereocenters. The van der Waals surface area contributed by atoms with Crippen molar-refractivity contribution in [2.24, 2.45) is 0 Å². The topological polar surface area (TPSA) is 70.1 Å². The molecular weight excluding hydrogens is 487 g/mol. The smallest absolute Gasteiger partial charge is 0.300 e. The van der Waals surface area contributed by atoms with Gasteiger partial charge in [-0.3, -0.25) is 14.5 Å². The predicted octanol–water partition coefficient (Wildman–Crippen LogP) is 6.00. The molecule has 1 N–H and O–H groups in total. The van der Waals surface area contributed by atoms with Crippen LogP contribution in [0.1, 0.15) is 22.7 Å². The molecular formula is C27H24Cl2N2O4. The Morgan fingerprint density at radius 1 is 1.03 bits per heavy atom. The lowest BCUT2D eigenvalue weighted by Crippen LogP contribution is -2.29. The van der Waals surface area contributed by atoms with Crippen molar-refractivity contribution in [3.63, 3.8) is 0 Å². The van der Waals surface area contributed by atoms with E-state index in [0.29, 0.717) is 11.3 Å². The molecule has 1 aliphatic heterocycles. The number of rotatable bonds is 5. The summed E-state index contributed by atoms with van der Waals surface area (Å²) in [4.78, 5) is 30.2. The van der Waals surface area contributed by atoms with Gasteiger partial charge in [0.15, 0.2) is 0 Å². The quantitative estimate of drug-likeness (QED) is 0.259. The van der Waals surface area contributed by atoms with Gasteiger partial charge < -0.3 is 14.7 Å². The standard InChI is InChI=1S/C27H24Cl2N2O4/c1-15-7-5-6-8-19(15)23-22(24(32)20-13-16(28)14-21(29)26(20)35-4)25(33)27(34)31(23)18-11-9-17(10-12-18)30(2)3/h5-14,23,32H,1-4H3/b24-22+. The molecule has 3 aromatic carbocycles. The summed E-state index contributed by atoms with van der Waals surface area (Å²) in [6.45, 7) is 1.89. The number of carbonyl (C=O) groups excluding carboxylic acids is 2. The van der Waals surface area contributed by atoms with Gasteiger partial charge in [-0.15, -0.1) is 0 Å². The fourth-order valence-electron chi connectivity index (χ4n) is 4.29. The molecule has 0 spiro atoms. The molecule has 4 rings (SSSR count). The Hall–Kier alpha value is -3.48. The van der Waals surface area contributed by atoms with E-state index in [9.17, 15) is 14.7 Å². The minimum Gasteiger partial charge on any atom is -0.507 e. The number of amides is 1. The minimum atomic E-state index is -0.871. The number of carbonyl (C=O) groups is 2. The van der Waals surface area contributed by atoms with Crippen LogP contribution in [0.3, 0.4) is 0 Å². The molecule has 1 saturated heterocycles. The van der Waals surface area contributed by atoms with E-state index < -0.39 is 23.5 Å². The van der Waals surface area contributed by atoms with Crippen molar-refractivity contribution in [2.45, 2.75) is 13.0 Å². The lowest BCUT2D eigenvalue weighted by Gasteiger charge is -2.27. The molecule has 1 heterocycles. The van der Waals surface area contributed by atoms with Gasteiger partial charge in [0.05, 0.1) is 29.3 Å². The highest BCUT2D eigenvalue weighted by Crippen LogP contribution is 2.45. The Kier molecular flexibility index (Phi) is 6.79. The van der Waals surface area contributed by atoms with Crippen molar-refractivity contribution in [3.8, 4) is 5.75 Å². The minimum absolute atomic E-state index is 0.0716. The molecule has 6 nitrogen and oxygen atoms in total. The van der Waals surface area contributed by atoms with Gasteiger partial charge in [0.25, 0.3) is 11.7 Å². The number of nitrogens with zero attached hydrogens (tertiary/aromatic N) is 2. The van der Waals surface area contributed by atoms with Crippen LogP contribution in [0.4, 0.5) is 11.4 Å². The molecule has 1 amide bonds. The van der Waals surface area contributed by atoms with E-state index in [2.05, 4.69) is 0 Å². The number of hydrogen-bond acceptors (Lipinski definition) is 5. The van der Waals surface area contributed by atoms with Gasteiger partial charge in [-0.1, -0.05) is 47.5 Å². The molecule has 0 radical (unpaired) electrons. The number of benzene rings is 3. The number of methoxy groups -OCH3 is 1. The maximum absolute atomic E-state index is 13.4. The average molecular weight is 511 g/mol. The van der Waals surface area contributed by atoms with E-state index in [1.807, 2.05) is 62.3 Å². The number of halogens is 2. The molecule has 0 aliphatic carbocycles. The van der Waals surface area contributed by atoms with Crippen molar-refractivity contribution in [1.82, 2.24) is 0 Å². The molecule has 0 bridgehead atoms. The number of hydrogen-bond donors (Lipinski definition) is 1. The van der Waals surface area contributed by atoms with E-state index >= 15 is 0 Å². The van der Waals surface area contributed by atoms with Gasteiger partial charge in [0, 0.05) is 30.5 Å². The molecule has 35 heavy (non-hydrogen) atoms. The summed E-state index contributed by atoms with van der Waals surface area (Å²) in [6.07, 6.45) is 0. The normalized spacial score (nSPS) is 17.1. The van der Waals surface area contributed by atoms with Crippen LogP contribution in [0.5, 0.6) is 5.75 Å². The first-order chi connectivity index (χ1) is 16.6. The van der Waals surface area contributed by atoms with Crippen molar-refractivity contribution in [3.05, 3.63) is 93.0 Å². The number of Topliss-reactive ketones (excluding diaryl/α,β-unsaturated/α-hetero) is 1. The van der Waals surface area contributed by atoms with Crippen LogP contribution in [-0.4, -0.2) is 38.0 Å². The lowest BCUT2D eigenvalue weighted by atomic mass is 9.92. The fraction of sp³-hybridized carbons (Fsp3) is 0.185. The summed E-state index contributed by atoms with van der Waals surface area (Å²) < 4.78 is 5.39. The molecule has 8 heteroatoms. The summed E-state index contributed by atoms with van der Waals surface area (Å²) in [6, 6.07) is 16.8. The molecule has 0 aromatic heterocycles. The first kappa shape index (κ1) is 24.6. The SMILES string of the molecule is COc1c(Cl)cc(Cl)cc1/C(O)=C1\C(=O)C(=O)N(c2ccc(N(C)C)cc2)C1c1ccccc1C. The van der Waals surface area contributed by atoms with Gasteiger partial charge >= 0.3 is 0 Å². The zero-order valence-electron chi connectivity index (χ0n) is 19.7. The zero-order valence-corrected chi connectivity index (χ0v) is 21.2. The first-order valence-electron chi connectivity index (χ1n) is 10.8. The van der Waals surface area contributed by atoms with E-state index in [-0.39, 0.29) is 26.9 Å². The van der Waals surface area contributed by atoms with Crippen LogP contribution < -0.4 is 14.5 Å². The number of aliphatic hydroxyl groups excluding tert-OH is 1. The summed E-state index contributed by atoms with van der Waals surface area (Å²) >= 11 is 12.5. The molecule has 0 saturated carbocycles. The maximum Gasteiger partial charge on any atom is 0.300 e. The third kappa shape index (κ3) is 4.35. The first-order valence-corrected chi connectivity index (χ1v) is 11.6. The van der Waals surface area contributed by atoms with E-state index in [4.69, 9.17) is 27.9 Å². The lowest BCUT2D eigenvalue weighted by molar-refractivity contribution is -0.132. The molecule has 1 unspecified atom stereocenters. The molecule has 3 aromatic rings. The summed E-state index contributed by atoms with van der Waals surface area (Å²) in [5.74, 6) is -1.82. The third-order valence-corrected chi connectivity index (χ3v) is 6.54. The average Bonchev–Trinajstić information content (AvgIpc) is 3.08. The van der Waals surface area contributed by atoms with Gasteiger partial charge in [-0.05, 0) is 54.4 Å². The van der Waals surface area contributed by atoms with Crippen LogP contribution in [-0.2, 0) is 9.59 Å². The Balaban J connectivity index is 1.99. The van der Waals surface area contributed by atoms with E-state index in [0.717, 1.165) is 11.3 Å². The molecule has 1 fully saturated rings. The third-order valence-electron chi connectivity index (χ3n) is 6.04. The van der Waals surface area contributed by atoms with Crippen LogP contribution in [0.25, 0.3) is 5.76 Å². The zero-order chi connectivity index (χ0) is 25.4. The highest BCUT2D eigenvalue weighted by atomic mass is 35.5. The van der Waals surface area contributed by atoms with E-state index in [1.165, 1.54) is 24.1 Å². The predicted molar refractivity (Wildman–Crippen MR) is 140 cm³/mol. The second kappa shape index (κ2) is 9.64. The Morgan fingerprint density at radius 2 is 1.69 bits per heavy atom. The van der Waals surface area contributed by atoms with Crippen LogP contribution in [0.15, 0.2) is 66.2 Å². The van der Waals surface area contributed by atoms with Gasteiger partial charge in [0.2, 0.25) is 0 Å². The van der Waals surface area contributed by atoms with Crippen molar-refractivity contribution in [2.75, 3.05) is 31.0 Å². The maximum atomic E-state index is 13.4. The molecule has 1 aliphatic rings. The van der Waals surface area contributed by atoms with Crippen molar-refractivity contribution >= 4 is 52.0 Å². The second-order valence-electron chi connectivity index (χ2n) is 8.40. The molecule has 180 valence electrons. The van der Waals surface area contributed by atoms with Crippen LogP contribution in [0, 0.1) is 6.92 Å². The fourth-order valence-corrected chi connectivity index (χ4v) is 4.86. The second-order valence-corrected chi connectivity index (χ2v) is 9.25. The van der Waals surface area contributed by atoms with Gasteiger partial charge in [-0.25, -0.2) is 0 Å². The Morgan fingerprint density at radius 3 is 2.29 bits per heavy atom. The van der Waals surface area contributed by atoms with Crippen molar-refractivity contribution in [1.29, 1.82) is 0 Å². The van der Waals surface area contributed by atoms with Crippen molar-refractivity contribution < 1.29 is 19.4 Å². The Labute approximate surface area is 213 Å². The van der Waals surface area contributed by atoms with E-state index in [1.54, 1.807) is 12.1 Å². The van der Waals surface area contributed by atoms with Crippen LogP contribution >= 0.6 is 23.2 Å². The number of aliphatic hydroxyl groups is 1. The highest BCUT2D eigenvalue weighted by molar-refractivity contribution is 6.52. The summed E-state index contributed by atoms with van der Waals surface area (Å²) in [7, 11) is 5.23. The Bertz CT molecular complexity index is 1350. The number of ether oxygens (including phenoxy) is 1. The van der Waals surface area contributed by atoms with Gasteiger partial charge in [0.1, 0.15) is 11.5 Å². The highest BCUT2D eigenvalue weighted by Gasteiger charge is 2.47. The van der Waals surface area contributed by atoms with Crippen LogP contribution in [0.2, 0.25) is 10.0 Å². The largest absolute Gasteiger partial charge is 0.507 e. The monoisotopic (exact) mass is 510 g/mol. The summed E-state index contributed by atoms with van der Waals surface area (Å²) in [5, 5.41) is 11.9. The summed E-state index contributed by atoms with van der Waals surface area (Å²) in [5.41, 5.74) is 3.09. The number of aryl methyl sites for hydroxylation is 1.